The summed E-state index contributed by atoms with van der Waals surface area (Å²) in [5.41, 5.74) is 0.913. The van der Waals surface area contributed by atoms with Crippen LogP contribution in [0.3, 0.4) is 0 Å². The first-order valence-electron chi connectivity index (χ1n) is 5.93. The van der Waals surface area contributed by atoms with Crippen molar-refractivity contribution < 1.29 is 14.7 Å². The number of nitrogens with one attached hydrogen (secondary N) is 2. The number of aromatic nitrogens is 2. The van der Waals surface area contributed by atoms with E-state index in [-0.39, 0.29) is 6.42 Å². The van der Waals surface area contributed by atoms with E-state index in [1.54, 1.807) is 12.1 Å². The Morgan fingerprint density at radius 3 is 2.81 bits per heavy atom. The maximum atomic E-state index is 12.1. The van der Waals surface area contributed by atoms with E-state index in [1.807, 2.05) is 0 Å². The lowest BCUT2D eigenvalue weighted by molar-refractivity contribution is -0.139. The van der Waals surface area contributed by atoms with Gasteiger partial charge in [0.2, 0.25) is 0 Å². The van der Waals surface area contributed by atoms with E-state index in [9.17, 15) is 14.7 Å². The standard InChI is InChI=1S/C13H11BrClN3O3/c14-9-2-1-7(3-10(9)15)12(19)18-11(13(20)21)4-8-5-16-6-17-8/h1-3,5-6,11H,4H2,(H,16,17)(H,18,19)(H,20,21)/t11-/m0/s1. The van der Waals surface area contributed by atoms with E-state index < -0.39 is 17.9 Å². The third-order valence-corrected chi connectivity index (χ3v) is 4.00. The highest BCUT2D eigenvalue weighted by atomic mass is 79.9. The summed E-state index contributed by atoms with van der Waals surface area (Å²) in [6.07, 6.45) is 3.08. The number of carboxylic acids is 1. The van der Waals surface area contributed by atoms with Crippen LogP contribution in [0.5, 0.6) is 0 Å². The lowest BCUT2D eigenvalue weighted by atomic mass is 10.1. The van der Waals surface area contributed by atoms with Gasteiger partial charge >= 0.3 is 5.97 Å². The number of H-pyrrole nitrogens is 1. The third-order valence-electron chi connectivity index (χ3n) is 2.76. The van der Waals surface area contributed by atoms with Crippen molar-refractivity contribution in [1.29, 1.82) is 0 Å². The Labute approximate surface area is 133 Å². The maximum absolute atomic E-state index is 12.1. The van der Waals surface area contributed by atoms with Gasteiger partial charge in [0, 0.05) is 28.3 Å². The van der Waals surface area contributed by atoms with Crippen molar-refractivity contribution in [3.63, 3.8) is 0 Å². The Kier molecular flexibility index (Phi) is 4.98. The molecule has 0 aliphatic rings. The van der Waals surface area contributed by atoms with Gasteiger partial charge in [-0.05, 0) is 34.1 Å². The van der Waals surface area contributed by atoms with Gasteiger partial charge in [-0.3, -0.25) is 4.79 Å². The van der Waals surface area contributed by atoms with Crippen molar-refractivity contribution in [2.45, 2.75) is 12.5 Å². The van der Waals surface area contributed by atoms with Gasteiger partial charge in [0.15, 0.2) is 0 Å². The minimum absolute atomic E-state index is 0.116. The fourth-order valence-electron chi connectivity index (χ4n) is 1.70. The quantitative estimate of drug-likeness (QED) is 0.750. The Morgan fingerprint density at radius 1 is 1.48 bits per heavy atom. The van der Waals surface area contributed by atoms with Crippen molar-refractivity contribution in [3.8, 4) is 0 Å². The molecule has 1 aromatic carbocycles. The van der Waals surface area contributed by atoms with Crippen LogP contribution in [-0.2, 0) is 11.2 Å². The van der Waals surface area contributed by atoms with Gasteiger partial charge in [0.25, 0.3) is 5.91 Å². The highest BCUT2D eigenvalue weighted by Gasteiger charge is 2.22. The molecule has 0 saturated carbocycles. The van der Waals surface area contributed by atoms with Crippen LogP contribution in [0.25, 0.3) is 0 Å². The minimum atomic E-state index is -1.12. The summed E-state index contributed by atoms with van der Waals surface area (Å²) in [5.74, 6) is -1.63. The van der Waals surface area contributed by atoms with Crippen LogP contribution in [0.2, 0.25) is 5.02 Å². The first kappa shape index (κ1) is 15.5. The average Bonchev–Trinajstić information content (AvgIpc) is 2.93. The van der Waals surface area contributed by atoms with E-state index in [4.69, 9.17) is 11.6 Å². The summed E-state index contributed by atoms with van der Waals surface area (Å²) in [6, 6.07) is 3.60. The first-order valence-corrected chi connectivity index (χ1v) is 7.10. The molecule has 1 heterocycles. The predicted molar refractivity (Wildman–Crippen MR) is 80.3 cm³/mol. The van der Waals surface area contributed by atoms with Crippen LogP contribution >= 0.6 is 27.5 Å². The highest BCUT2D eigenvalue weighted by Crippen LogP contribution is 2.23. The number of carboxylic acid groups (broad SMARTS) is 1. The second-order valence-electron chi connectivity index (χ2n) is 4.27. The van der Waals surface area contributed by atoms with Gasteiger partial charge < -0.3 is 15.4 Å². The zero-order valence-corrected chi connectivity index (χ0v) is 13.0. The third kappa shape index (κ3) is 4.05. The van der Waals surface area contributed by atoms with Crippen molar-refractivity contribution in [3.05, 3.63) is 51.5 Å². The number of aliphatic carboxylic acids is 1. The molecule has 0 aliphatic carbocycles. The summed E-state index contributed by atoms with van der Waals surface area (Å²) in [4.78, 5) is 29.9. The van der Waals surface area contributed by atoms with Crippen molar-refractivity contribution in [1.82, 2.24) is 15.3 Å². The van der Waals surface area contributed by atoms with E-state index in [0.29, 0.717) is 20.8 Å². The zero-order chi connectivity index (χ0) is 15.4. The smallest absolute Gasteiger partial charge is 0.326 e. The number of hydrogen-bond donors (Lipinski definition) is 3. The van der Waals surface area contributed by atoms with Crippen molar-refractivity contribution in [2.75, 3.05) is 0 Å². The molecular weight excluding hydrogens is 362 g/mol. The molecule has 6 nitrogen and oxygen atoms in total. The number of aromatic amines is 1. The summed E-state index contributed by atoms with van der Waals surface area (Å²) in [6.45, 7) is 0. The number of halogens is 2. The molecule has 1 amide bonds. The maximum Gasteiger partial charge on any atom is 0.326 e. The molecule has 1 atom stereocenters. The zero-order valence-electron chi connectivity index (χ0n) is 10.6. The molecule has 0 unspecified atom stereocenters. The van der Waals surface area contributed by atoms with Crippen LogP contribution < -0.4 is 5.32 Å². The number of benzene rings is 1. The first-order chi connectivity index (χ1) is 9.97. The van der Waals surface area contributed by atoms with Gasteiger partial charge in [0.05, 0.1) is 11.3 Å². The number of carbonyl (C=O) groups excluding carboxylic acids is 1. The summed E-state index contributed by atoms with van der Waals surface area (Å²) in [7, 11) is 0. The lowest BCUT2D eigenvalue weighted by Gasteiger charge is -2.14. The molecule has 2 aromatic rings. The molecule has 21 heavy (non-hydrogen) atoms. The van der Waals surface area contributed by atoms with Crippen molar-refractivity contribution in [2.24, 2.45) is 0 Å². The Balaban J connectivity index is 2.10. The molecule has 0 fully saturated rings. The highest BCUT2D eigenvalue weighted by molar-refractivity contribution is 9.10. The van der Waals surface area contributed by atoms with Crippen LogP contribution in [0.1, 0.15) is 16.1 Å². The molecule has 0 saturated heterocycles. The Morgan fingerprint density at radius 2 is 2.24 bits per heavy atom. The summed E-state index contributed by atoms with van der Waals surface area (Å²) in [5, 5.41) is 12.0. The predicted octanol–water partition coefficient (Wildman–Crippen LogP) is 2.25. The molecule has 0 bridgehead atoms. The number of hydrogen-bond acceptors (Lipinski definition) is 3. The van der Waals surface area contributed by atoms with Gasteiger partial charge in [-0.25, -0.2) is 9.78 Å². The SMILES string of the molecule is O=C(N[C@@H](Cc1cnc[nH]1)C(=O)O)c1ccc(Br)c(Cl)c1. The molecule has 2 rings (SSSR count). The van der Waals surface area contributed by atoms with Crippen LogP contribution in [0, 0.1) is 0 Å². The Bertz CT molecular complexity index is 661. The van der Waals surface area contributed by atoms with Gasteiger partial charge in [-0.15, -0.1) is 0 Å². The molecule has 1 aromatic heterocycles. The van der Waals surface area contributed by atoms with E-state index in [0.717, 1.165) is 0 Å². The number of carbonyl (C=O) groups is 2. The lowest BCUT2D eigenvalue weighted by Crippen LogP contribution is -2.42. The molecular formula is C13H11BrClN3O3. The second kappa shape index (κ2) is 6.73. The largest absolute Gasteiger partial charge is 0.480 e. The average molecular weight is 373 g/mol. The number of nitrogens with zero attached hydrogens (tertiary/aromatic N) is 1. The fourth-order valence-corrected chi connectivity index (χ4v) is 2.12. The number of imidazole rings is 1. The number of rotatable bonds is 5. The van der Waals surface area contributed by atoms with E-state index >= 15 is 0 Å². The normalized spacial score (nSPS) is 11.9. The molecule has 3 N–H and O–H groups in total. The molecule has 0 aliphatic heterocycles. The monoisotopic (exact) mass is 371 g/mol. The van der Waals surface area contributed by atoms with E-state index in [1.165, 1.54) is 18.6 Å². The van der Waals surface area contributed by atoms with Crippen LogP contribution in [0.15, 0.2) is 35.2 Å². The van der Waals surface area contributed by atoms with Crippen LogP contribution in [0.4, 0.5) is 0 Å². The summed E-state index contributed by atoms with van der Waals surface area (Å²) < 4.78 is 0.660. The van der Waals surface area contributed by atoms with Gasteiger partial charge in [-0.2, -0.15) is 0 Å². The van der Waals surface area contributed by atoms with Gasteiger partial charge in [-0.1, -0.05) is 11.6 Å². The number of amides is 1. The minimum Gasteiger partial charge on any atom is -0.480 e. The van der Waals surface area contributed by atoms with Gasteiger partial charge in [0.1, 0.15) is 6.04 Å². The second-order valence-corrected chi connectivity index (χ2v) is 5.54. The van der Waals surface area contributed by atoms with Crippen LogP contribution in [-0.4, -0.2) is 33.0 Å². The van der Waals surface area contributed by atoms with E-state index in [2.05, 4.69) is 31.2 Å². The molecule has 8 heteroatoms. The summed E-state index contributed by atoms with van der Waals surface area (Å²) >= 11 is 9.14. The topological polar surface area (TPSA) is 95.1 Å². The molecule has 0 spiro atoms. The molecule has 0 radical (unpaired) electrons. The fraction of sp³-hybridized carbons (Fsp3) is 0.154. The van der Waals surface area contributed by atoms with Crippen molar-refractivity contribution >= 4 is 39.4 Å². The Hall–Kier alpha value is -1.86. The molecule has 110 valence electrons.